The maximum atomic E-state index is 12.5. The molecule has 0 aliphatic carbocycles. The van der Waals surface area contributed by atoms with E-state index in [1.165, 1.54) is 0 Å². The molecule has 1 aromatic carbocycles. The Balaban J connectivity index is 1.80. The molecule has 0 radical (unpaired) electrons. The van der Waals surface area contributed by atoms with E-state index < -0.39 is 5.60 Å². The number of fused-ring (bicyclic) bond motifs is 1. The molecule has 2 aromatic heterocycles. The normalized spacial score (nSPS) is 13.9. The van der Waals surface area contributed by atoms with Gasteiger partial charge in [-0.15, -0.1) is 0 Å². The van der Waals surface area contributed by atoms with Gasteiger partial charge in [-0.1, -0.05) is 18.2 Å². The smallest absolute Gasteiger partial charge is 0.287 e. The van der Waals surface area contributed by atoms with Crippen molar-refractivity contribution in [2.75, 3.05) is 6.54 Å². The van der Waals surface area contributed by atoms with Crippen molar-refractivity contribution in [2.24, 2.45) is 0 Å². The molecule has 126 valence electrons. The summed E-state index contributed by atoms with van der Waals surface area (Å²) in [5, 5.41) is 14.2. The Labute approximate surface area is 140 Å². The van der Waals surface area contributed by atoms with E-state index in [0.29, 0.717) is 17.1 Å². The minimum absolute atomic E-state index is 0.0221. The van der Waals surface area contributed by atoms with E-state index in [1.54, 1.807) is 26.0 Å². The summed E-state index contributed by atoms with van der Waals surface area (Å²) in [6.07, 6.45) is 0. The van der Waals surface area contributed by atoms with Gasteiger partial charge in [-0.05, 0) is 45.4 Å². The van der Waals surface area contributed by atoms with Crippen molar-refractivity contribution in [1.82, 2.24) is 5.32 Å². The molecule has 5 nitrogen and oxygen atoms in total. The lowest BCUT2D eigenvalue weighted by atomic mass is 10.0. The third kappa shape index (κ3) is 2.83. The summed E-state index contributed by atoms with van der Waals surface area (Å²) in [5.74, 6) is 1.04. The quantitative estimate of drug-likeness (QED) is 0.768. The van der Waals surface area contributed by atoms with Crippen LogP contribution in [-0.2, 0) is 5.60 Å². The number of para-hydroxylation sites is 1. The van der Waals surface area contributed by atoms with Crippen LogP contribution < -0.4 is 5.32 Å². The molecule has 0 aliphatic heterocycles. The van der Waals surface area contributed by atoms with E-state index in [9.17, 15) is 9.90 Å². The van der Waals surface area contributed by atoms with E-state index in [0.717, 1.165) is 16.5 Å². The van der Waals surface area contributed by atoms with Crippen LogP contribution in [0.4, 0.5) is 0 Å². The molecule has 24 heavy (non-hydrogen) atoms. The van der Waals surface area contributed by atoms with Gasteiger partial charge in [-0.3, -0.25) is 4.79 Å². The fourth-order valence-electron chi connectivity index (χ4n) is 2.74. The number of hydrogen-bond acceptors (Lipinski definition) is 4. The van der Waals surface area contributed by atoms with Crippen LogP contribution in [0.2, 0.25) is 0 Å². The van der Waals surface area contributed by atoms with Crippen molar-refractivity contribution in [3.05, 3.63) is 58.7 Å². The summed E-state index contributed by atoms with van der Waals surface area (Å²) in [6.45, 7) is 7.22. The number of furan rings is 2. The third-order valence-corrected chi connectivity index (χ3v) is 4.23. The monoisotopic (exact) mass is 327 g/mol. The van der Waals surface area contributed by atoms with Crippen LogP contribution in [0.1, 0.15) is 40.1 Å². The summed E-state index contributed by atoms with van der Waals surface area (Å²) in [5.41, 5.74) is 1.20. The first-order valence-electron chi connectivity index (χ1n) is 7.86. The lowest BCUT2D eigenvalue weighted by Crippen LogP contribution is -2.38. The number of aryl methyl sites for hydroxylation is 3. The molecule has 0 aliphatic rings. The minimum Gasteiger partial charge on any atom is -0.463 e. The molecular formula is C19H21NO4. The van der Waals surface area contributed by atoms with Gasteiger partial charge in [0.05, 0.1) is 6.54 Å². The van der Waals surface area contributed by atoms with Crippen molar-refractivity contribution >= 4 is 16.9 Å². The van der Waals surface area contributed by atoms with Crippen LogP contribution in [0.15, 0.2) is 39.2 Å². The van der Waals surface area contributed by atoms with Crippen LogP contribution in [0, 0.1) is 20.8 Å². The molecule has 2 N–H and O–H groups in total. The Morgan fingerprint density at radius 1 is 1.17 bits per heavy atom. The van der Waals surface area contributed by atoms with Gasteiger partial charge < -0.3 is 19.3 Å². The Bertz CT molecular complexity index is 901. The summed E-state index contributed by atoms with van der Waals surface area (Å²) in [7, 11) is 0. The van der Waals surface area contributed by atoms with Gasteiger partial charge in [-0.25, -0.2) is 0 Å². The number of carbonyl (C=O) groups excluding carboxylic acids is 1. The second-order valence-corrected chi connectivity index (χ2v) is 6.37. The molecule has 2 heterocycles. The topological polar surface area (TPSA) is 75.6 Å². The molecule has 1 atom stereocenters. The number of nitrogens with one attached hydrogen (secondary N) is 1. The number of benzene rings is 1. The second-order valence-electron chi connectivity index (χ2n) is 6.37. The zero-order valence-electron chi connectivity index (χ0n) is 14.3. The van der Waals surface area contributed by atoms with Gasteiger partial charge in [-0.2, -0.15) is 0 Å². The van der Waals surface area contributed by atoms with E-state index >= 15 is 0 Å². The van der Waals surface area contributed by atoms with Crippen LogP contribution in [0.3, 0.4) is 0 Å². The lowest BCUT2D eigenvalue weighted by Gasteiger charge is -2.21. The Kier molecular flexibility index (Phi) is 3.97. The van der Waals surface area contributed by atoms with Gasteiger partial charge in [0.2, 0.25) is 0 Å². The van der Waals surface area contributed by atoms with E-state index in [-0.39, 0.29) is 18.2 Å². The summed E-state index contributed by atoms with van der Waals surface area (Å²) >= 11 is 0. The molecular weight excluding hydrogens is 306 g/mol. The van der Waals surface area contributed by atoms with Crippen molar-refractivity contribution < 1.29 is 18.7 Å². The molecule has 1 amide bonds. The van der Waals surface area contributed by atoms with Gasteiger partial charge in [0.1, 0.15) is 22.7 Å². The molecule has 0 saturated carbocycles. The molecule has 3 rings (SSSR count). The Hall–Kier alpha value is -2.53. The predicted octanol–water partition coefficient (Wildman–Crippen LogP) is 3.59. The van der Waals surface area contributed by atoms with Crippen molar-refractivity contribution in [1.29, 1.82) is 0 Å². The molecule has 5 heteroatoms. The number of hydrogen-bond donors (Lipinski definition) is 2. The Morgan fingerprint density at radius 3 is 2.54 bits per heavy atom. The largest absolute Gasteiger partial charge is 0.463 e. The highest BCUT2D eigenvalue weighted by molar-refractivity contribution is 5.99. The Morgan fingerprint density at radius 2 is 1.92 bits per heavy atom. The molecule has 0 bridgehead atoms. The summed E-state index contributed by atoms with van der Waals surface area (Å²) in [6, 6.07) is 9.29. The molecule has 3 aromatic rings. The maximum Gasteiger partial charge on any atom is 0.287 e. The van der Waals surface area contributed by atoms with Crippen LogP contribution in [0.25, 0.3) is 11.0 Å². The van der Waals surface area contributed by atoms with Crippen LogP contribution in [0.5, 0.6) is 0 Å². The lowest BCUT2D eigenvalue weighted by molar-refractivity contribution is 0.0319. The van der Waals surface area contributed by atoms with Crippen molar-refractivity contribution in [2.45, 2.75) is 33.3 Å². The zero-order valence-corrected chi connectivity index (χ0v) is 14.3. The van der Waals surface area contributed by atoms with E-state index in [4.69, 9.17) is 8.83 Å². The second kappa shape index (κ2) is 5.83. The van der Waals surface area contributed by atoms with Crippen LogP contribution >= 0.6 is 0 Å². The number of aliphatic hydroxyl groups is 1. The fourth-order valence-corrected chi connectivity index (χ4v) is 2.74. The maximum absolute atomic E-state index is 12.5. The van der Waals surface area contributed by atoms with Crippen LogP contribution in [-0.4, -0.2) is 17.6 Å². The molecule has 0 spiro atoms. The van der Waals surface area contributed by atoms with Crippen molar-refractivity contribution in [3.63, 3.8) is 0 Å². The highest BCUT2D eigenvalue weighted by Crippen LogP contribution is 2.28. The minimum atomic E-state index is -1.29. The first-order valence-corrected chi connectivity index (χ1v) is 7.86. The molecule has 0 fully saturated rings. The zero-order chi connectivity index (χ0) is 17.5. The summed E-state index contributed by atoms with van der Waals surface area (Å²) < 4.78 is 11.2. The molecule has 1 unspecified atom stereocenters. The van der Waals surface area contributed by atoms with Gasteiger partial charge in [0.15, 0.2) is 5.76 Å². The van der Waals surface area contributed by atoms with Gasteiger partial charge in [0.25, 0.3) is 5.91 Å². The van der Waals surface area contributed by atoms with Crippen molar-refractivity contribution in [3.8, 4) is 0 Å². The average Bonchev–Trinajstić information content (AvgIpc) is 3.11. The highest BCUT2D eigenvalue weighted by atomic mass is 16.4. The van der Waals surface area contributed by atoms with Gasteiger partial charge >= 0.3 is 0 Å². The number of carbonyl (C=O) groups is 1. The summed E-state index contributed by atoms with van der Waals surface area (Å²) in [4.78, 5) is 12.5. The van der Waals surface area contributed by atoms with Gasteiger partial charge in [0, 0.05) is 10.9 Å². The SMILES string of the molecule is Cc1ccc(C(C)(O)CNC(=O)c2oc3c(C)cccc3c2C)o1. The van der Waals surface area contributed by atoms with E-state index in [2.05, 4.69) is 5.32 Å². The highest BCUT2D eigenvalue weighted by Gasteiger charge is 2.28. The first-order chi connectivity index (χ1) is 11.3. The fraction of sp³-hybridized carbons (Fsp3) is 0.316. The standard InChI is InChI=1S/C19H21NO4/c1-11-6-5-7-14-13(3)17(24-16(11)14)18(21)20-10-19(4,22)15-9-8-12(2)23-15/h5-9,22H,10H2,1-4H3,(H,20,21). The molecule has 0 saturated heterocycles. The predicted molar refractivity (Wildman–Crippen MR) is 91.0 cm³/mol. The first kappa shape index (κ1) is 16.3. The number of amides is 1. The average molecular weight is 327 g/mol. The number of rotatable bonds is 4. The third-order valence-electron chi connectivity index (χ3n) is 4.23. The van der Waals surface area contributed by atoms with E-state index in [1.807, 2.05) is 32.0 Å².